The average molecular weight is 364 g/mol. The van der Waals surface area contributed by atoms with Crippen LogP contribution in [0, 0.1) is 17.1 Å². The summed E-state index contributed by atoms with van der Waals surface area (Å²) in [4.78, 5) is 8.54. The lowest BCUT2D eigenvalue weighted by Crippen LogP contribution is -1.98. The largest absolute Gasteiger partial charge is 0.497 e. The predicted octanol–water partition coefficient (Wildman–Crippen LogP) is 3.71. The Morgan fingerprint density at radius 1 is 1.19 bits per heavy atom. The molecule has 0 N–H and O–H groups in total. The van der Waals surface area contributed by atoms with Crippen molar-refractivity contribution < 1.29 is 13.9 Å². The van der Waals surface area contributed by atoms with Crippen molar-refractivity contribution in [1.82, 2.24) is 9.55 Å². The van der Waals surface area contributed by atoms with E-state index < -0.39 is 0 Å². The maximum Gasteiger partial charge on any atom is 0.185 e. The zero-order valence-corrected chi connectivity index (χ0v) is 14.9. The van der Waals surface area contributed by atoms with E-state index in [0.717, 1.165) is 5.56 Å². The molecular weight excluding hydrogens is 347 g/mol. The van der Waals surface area contributed by atoms with Crippen molar-refractivity contribution in [2.45, 2.75) is 6.54 Å². The van der Waals surface area contributed by atoms with Gasteiger partial charge in [0, 0.05) is 11.8 Å². The molecule has 7 heteroatoms. The number of halogens is 1. The Hall–Kier alpha value is -3.66. The molecule has 0 aliphatic heterocycles. The first kappa shape index (κ1) is 18.1. The summed E-state index contributed by atoms with van der Waals surface area (Å²) in [7, 11) is 3.15. The molecule has 0 radical (unpaired) electrons. The van der Waals surface area contributed by atoms with Crippen molar-refractivity contribution >= 4 is 12.0 Å². The van der Waals surface area contributed by atoms with Crippen LogP contribution in [0.2, 0.25) is 0 Å². The summed E-state index contributed by atoms with van der Waals surface area (Å²) in [5.41, 5.74) is 1.78. The fourth-order valence-corrected chi connectivity index (χ4v) is 2.56. The van der Waals surface area contributed by atoms with Crippen molar-refractivity contribution in [2.24, 2.45) is 4.99 Å². The Balaban J connectivity index is 1.95. The molecule has 0 saturated heterocycles. The molecule has 0 saturated carbocycles. The van der Waals surface area contributed by atoms with E-state index >= 15 is 0 Å². The number of imidazole rings is 1. The lowest BCUT2D eigenvalue weighted by Gasteiger charge is -2.08. The molecule has 0 aliphatic carbocycles. The third-order valence-electron chi connectivity index (χ3n) is 3.94. The number of rotatable bonds is 6. The van der Waals surface area contributed by atoms with Gasteiger partial charge in [-0.05, 0) is 35.9 Å². The van der Waals surface area contributed by atoms with E-state index in [1.54, 1.807) is 55.3 Å². The molecule has 3 aromatic rings. The molecular formula is C20H17FN4O2. The highest BCUT2D eigenvalue weighted by Crippen LogP contribution is 2.24. The Kier molecular flexibility index (Phi) is 5.47. The first-order valence-corrected chi connectivity index (χ1v) is 8.10. The Labute approximate surface area is 156 Å². The van der Waals surface area contributed by atoms with Crippen LogP contribution in [0.4, 0.5) is 10.2 Å². The van der Waals surface area contributed by atoms with E-state index in [1.807, 2.05) is 6.07 Å². The molecule has 1 heterocycles. The lowest BCUT2D eigenvalue weighted by molar-refractivity contribution is 0.402. The summed E-state index contributed by atoms with van der Waals surface area (Å²) in [5, 5.41) is 9.32. The van der Waals surface area contributed by atoms with Gasteiger partial charge in [0.05, 0.1) is 27.1 Å². The number of nitrogens with zero attached hydrogens (tertiary/aromatic N) is 4. The molecule has 0 spiro atoms. The number of aromatic nitrogens is 2. The topological polar surface area (TPSA) is 72.4 Å². The number of nitriles is 1. The summed E-state index contributed by atoms with van der Waals surface area (Å²) in [6.07, 6.45) is 3.14. The molecule has 0 fully saturated rings. The molecule has 2 aromatic carbocycles. The summed E-state index contributed by atoms with van der Waals surface area (Å²) < 4.78 is 25.4. The molecule has 136 valence electrons. The lowest BCUT2D eigenvalue weighted by atomic mass is 10.2. The van der Waals surface area contributed by atoms with Gasteiger partial charge in [0.15, 0.2) is 11.5 Å². The highest BCUT2D eigenvalue weighted by molar-refractivity contribution is 5.86. The van der Waals surface area contributed by atoms with Gasteiger partial charge in [0.2, 0.25) is 0 Å². The maximum atomic E-state index is 13.1. The average Bonchev–Trinajstić information content (AvgIpc) is 3.09. The van der Waals surface area contributed by atoms with Crippen molar-refractivity contribution in [1.29, 1.82) is 5.26 Å². The van der Waals surface area contributed by atoms with Crippen molar-refractivity contribution in [3.05, 3.63) is 71.4 Å². The van der Waals surface area contributed by atoms with E-state index in [1.165, 1.54) is 18.5 Å². The van der Waals surface area contributed by atoms with Crippen LogP contribution in [0.5, 0.6) is 11.5 Å². The van der Waals surface area contributed by atoms with Gasteiger partial charge in [-0.3, -0.25) is 0 Å². The van der Waals surface area contributed by atoms with E-state index in [9.17, 15) is 9.65 Å². The number of hydrogen-bond donors (Lipinski definition) is 0. The van der Waals surface area contributed by atoms with Gasteiger partial charge < -0.3 is 14.0 Å². The van der Waals surface area contributed by atoms with Crippen molar-refractivity contribution in [2.75, 3.05) is 14.2 Å². The minimum atomic E-state index is -0.301. The minimum Gasteiger partial charge on any atom is -0.497 e. The van der Waals surface area contributed by atoms with Crippen LogP contribution in [0.3, 0.4) is 0 Å². The SMILES string of the molecule is COc1ccc(OC)c(/C=N/c2c(C#N)ncn2Cc2ccc(F)cc2)c1. The van der Waals surface area contributed by atoms with Crippen LogP contribution in [-0.4, -0.2) is 30.0 Å². The Morgan fingerprint density at radius 3 is 2.63 bits per heavy atom. The molecule has 1 aromatic heterocycles. The highest BCUT2D eigenvalue weighted by Gasteiger charge is 2.11. The van der Waals surface area contributed by atoms with Crippen LogP contribution in [0.1, 0.15) is 16.8 Å². The Morgan fingerprint density at radius 2 is 1.96 bits per heavy atom. The molecule has 0 amide bonds. The van der Waals surface area contributed by atoms with Crippen LogP contribution >= 0.6 is 0 Å². The van der Waals surface area contributed by atoms with E-state index in [4.69, 9.17) is 9.47 Å². The predicted molar refractivity (Wildman–Crippen MR) is 99.2 cm³/mol. The normalized spacial score (nSPS) is 10.7. The van der Waals surface area contributed by atoms with Gasteiger partial charge in [-0.15, -0.1) is 0 Å². The number of hydrogen-bond acceptors (Lipinski definition) is 5. The van der Waals surface area contributed by atoms with E-state index in [-0.39, 0.29) is 11.5 Å². The number of benzene rings is 2. The maximum absolute atomic E-state index is 13.1. The summed E-state index contributed by atoms with van der Waals surface area (Å²) in [6.45, 7) is 0.414. The Bertz CT molecular complexity index is 1000. The molecule has 0 unspecified atom stereocenters. The fraction of sp³-hybridized carbons (Fsp3) is 0.150. The quantitative estimate of drug-likeness (QED) is 0.625. The summed E-state index contributed by atoms with van der Waals surface area (Å²) in [5.74, 6) is 1.40. The highest BCUT2D eigenvalue weighted by atomic mass is 19.1. The van der Waals surface area contributed by atoms with Crippen LogP contribution < -0.4 is 9.47 Å². The second kappa shape index (κ2) is 8.15. The van der Waals surface area contributed by atoms with Gasteiger partial charge in [0.1, 0.15) is 23.4 Å². The first-order chi connectivity index (χ1) is 13.1. The van der Waals surface area contributed by atoms with E-state index in [0.29, 0.717) is 29.4 Å². The van der Waals surface area contributed by atoms with Crippen LogP contribution in [0.25, 0.3) is 0 Å². The second-order valence-electron chi connectivity index (χ2n) is 5.65. The smallest absolute Gasteiger partial charge is 0.185 e. The summed E-state index contributed by atoms with van der Waals surface area (Å²) >= 11 is 0. The monoisotopic (exact) mass is 364 g/mol. The molecule has 27 heavy (non-hydrogen) atoms. The third kappa shape index (κ3) is 4.12. The molecule has 0 aliphatic rings. The number of ether oxygens (including phenoxy) is 2. The standard InChI is InChI=1S/C20H17FN4O2/c1-26-17-7-8-19(27-2)15(9-17)11-23-20-18(10-22)24-13-25(20)12-14-3-5-16(21)6-4-14/h3-9,11,13H,12H2,1-2H3/b23-11+. The molecule has 0 atom stereocenters. The summed E-state index contributed by atoms with van der Waals surface area (Å²) in [6, 6.07) is 13.5. The van der Waals surface area contributed by atoms with Gasteiger partial charge in [-0.2, -0.15) is 5.26 Å². The van der Waals surface area contributed by atoms with E-state index in [2.05, 4.69) is 9.98 Å². The molecule has 6 nitrogen and oxygen atoms in total. The molecule has 0 bridgehead atoms. The number of aliphatic imine (C=N–C) groups is 1. The van der Waals surface area contributed by atoms with Gasteiger partial charge >= 0.3 is 0 Å². The second-order valence-corrected chi connectivity index (χ2v) is 5.65. The first-order valence-electron chi connectivity index (χ1n) is 8.10. The van der Waals surface area contributed by atoms with Gasteiger partial charge in [0.25, 0.3) is 0 Å². The fourth-order valence-electron chi connectivity index (χ4n) is 2.56. The third-order valence-corrected chi connectivity index (χ3v) is 3.94. The van der Waals surface area contributed by atoms with Crippen LogP contribution in [0.15, 0.2) is 53.8 Å². The van der Waals surface area contributed by atoms with Gasteiger partial charge in [-0.1, -0.05) is 12.1 Å². The zero-order valence-electron chi connectivity index (χ0n) is 14.9. The number of methoxy groups -OCH3 is 2. The van der Waals surface area contributed by atoms with Gasteiger partial charge in [-0.25, -0.2) is 14.4 Å². The van der Waals surface area contributed by atoms with Crippen molar-refractivity contribution in [3.63, 3.8) is 0 Å². The zero-order chi connectivity index (χ0) is 19.2. The van der Waals surface area contributed by atoms with Crippen molar-refractivity contribution in [3.8, 4) is 17.6 Å². The van der Waals surface area contributed by atoms with Crippen LogP contribution in [-0.2, 0) is 6.54 Å². The molecule has 3 rings (SSSR count). The minimum absolute atomic E-state index is 0.204.